The number of alkyl halides is 3. The summed E-state index contributed by atoms with van der Waals surface area (Å²) in [5.41, 5.74) is 0.102. The van der Waals surface area contributed by atoms with Crippen molar-refractivity contribution in [1.29, 1.82) is 0 Å². The van der Waals surface area contributed by atoms with Crippen LogP contribution in [0.1, 0.15) is 11.4 Å². The molecule has 0 aliphatic rings. The van der Waals surface area contributed by atoms with E-state index in [9.17, 15) is 18.0 Å². The molecule has 0 radical (unpaired) electrons. The van der Waals surface area contributed by atoms with Crippen LogP contribution in [-0.4, -0.2) is 19.5 Å². The van der Waals surface area contributed by atoms with Crippen molar-refractivity contribution >= 4 is 33.6 Å². The highest BCUT2D eigenvalue weighted by atomic mass is 32.2. The van der Waals surface area contributed by atoms with Crippen LogP contribution in [-0.2, 0) is 11.9 Å². The van der Waals surface area contributed by atoms with Gasteiger partial charge in [-0.3, -0.25) is 9.36 Å². The first-order chi connectivity index (χ1) is 15.9. The topological polar surface area (TPSA) is 60.7 Å². The molecule has 33 heavy (non-hydrogen) atoms. The summed E-state index contributed by atoms with van der Waals surface area (Å²) in [4.78, 5) is 26.5. The van der Waals surface area contributed by atoms with E-state index in [1.54, 1.807) is 24.3 Å². The predicted octanol–water partition coefficient (Wildman–Crippen LogP) is 5.64. The van der Waals surface area contributed by atoms with Crippen molar-refractivity contribution in [1.82, 2.24) is 19.5 Å². The molecule has 2 heterocycles. The minimum Gasteiger partial charge on any atom is -0.268 e. The number of thioether (sulfide) groups is 1. The first kappa shape index (κ1) is 21.1. The molecule has 2 aromatic heterocycles. The quantitative estimate of drug-likeness (QED) is 0.255. The van der Waals surface area contributed by atoms with Gasteiger partial charge in [0, 0.05) is 5.39 Å². The van der Waals surface area contributed by atoms with E-state index in [4.69, 9.17) is 0 Å². The highest BCUT2D eigenvalue weighted by Crippen LogP contribution is 2.31. The number of aromatic nitrogens is 4. The highest BCUT2D eigenvalue weighted by Gasteiger charge is 2.31. The molecule has 3 aromatic carbocycles. The molecule has 9 heteroatoms. The summed E-state index contributed by atoms with van der Waals surface area (Å²) in [6, 6.07) is 19.0. The average Bonchev–Trinajstić information content (AvgIpc) is 2.82. The Hall–Kier alpha value is -3.72. The van der Waals surface area contributed by atoms with Crippen LogP contribution >= 0.6 is 11.8 Å². The van der Waals surface area contributed by atoms with E-state index >= 15 is 0 Å². The number of fused-ring (bicyclic) bond motifs is 2. The van der Waals surface area contributed by atoms with Gasteiger partial charge in [0.2, 0.25) is 0 Å². The molecule has 0 saturated heterocycles. The zero-order valence-corrected chi connectivity index (χ0v) is 17.8. The zero-order valence-electron chi connectivity index (χ0n) is 17.0. The first-order valence-electron chi connectivity index (χ1n) is 9.93. The van der Waals surface area contributed by atoms with Crippen molar-refractivity contribution < 1.29 is 13.2 Å². The number of halogens is 3. The number of hydrogen-bond acceptors (Lipinski definition) is 5. The van der Waals surface area contributed by atoms with Gasteiger partial charge in [-0.25, -0.2) is 15.0 Å². The Bertz CT molecular complexity index is 1540. The maximum atomic E-state index is 13.3. The van der Waals surface area contributed by atoms with Gasteiger partial charge in [0.1, 0.15) is 17.2 Å². The van der Waals surface area contributed by atoms with E-state index in [1.807, 2.05) is 24.3 Å². The summed E-state index contributed by atoms with van der Waals surface area (Å²) in [5.74, 6) is 0.544. The van der Waals surface area contributed by atoms with E-state index < -0.39 is 17.3 Å². The normalized spacial score (nSPS) is 11.8. The summed E-state index contributed by atoms with van der Waals surface area (Å²) < 4.78 is 41.2. The Labute approximate surface area is 190 Å². The monoisotopic (exact) mass is 464 g/mol. The summed E-state index contributed by atoms with van der Waals surface area (Å²) in [7, 11) is 0. The molecule has 0 N–H and O–H groups in total. The van der Waals surface area contributed by atoms with Crippen molar-refractivity contribution in [2.75, 3.05) is 0 Å². The lowest BCUT2D eigenvalue weighted by Crippen LogP contribution is -2.24. The largest absolute Gasteiger partial charge is 0.416 e. The van der Waals surface area contributed by atoms with Gasteiger partial charge in [-0.15, -0.1) is 0 Å². The van der Waals surface area contributed by atoms with E-state index in [0.717, 1.165) is 23.0 Å². The summed E-state index contributed by atoms with van der Waals surface area (Å²) in [5, 5.41) is 1.87. The van der Waals surface area contributed by atoms with E-state index in [0.29, 0.717) is 21.8 Å². The van der Waals surface area contributed by atoms with E-state index in [2.05, 4.69) is 15.0 Å². The van der Waals surface area contributed by atoms with Crippen molar-refractivity contribution in [3.63, 3.8) is 0 Å². The van der Waals surface area contributed by atoms with Crippen LogP contribution in [0.5, 0.6) is 0 Å². The van der Waals surface area contributed by atoms with Crippen molar-refractivity contribution in [2.45, 2.75) is 17.0 Å². The van der Waals surface area contributed by atoms with Crippen LogP contribution in [0.3, 0.4) is 0 Å². The Balaban J connectivity index is 1.65. The summed E-state index contributed by atoms with van der Waals surface area (Å²) >= 11 is 1.34. The van der Waals surface area contributed by atoms with Crippen LogP contribution in [0.4, 0.5) is 13.2 Å². The molecular weight excluding hydrogens is 449 g/mol. The molecule has 164 valence electrons. The average molecular weight is 464 g/mol. The maximum Gasteiger partial charge on any atom is 0.416 e. The summed E-state index contributed by atoms with van der Waals surface area (Å²) in [6.45, 7) is 0. The lowest BCUT2D eigenvalue weighted by atomic mass is 10.2. The number of rotatable bonds is 4. The van der Waals surface area contributed by atoms with Crippen molar-refractivity contribution in [3.8, 4) is 5.69 Å². The Morgan fingerprint density at radius 2 is 1.58 bits per heavy atom. The van der Waals surface area contributed by atoms with Gasteiger partial charge in [-0.1, -0.05) is 48.2 Å². The van der Waals surface area contributed by atoms with Gasteiger partial charge in [-0.2, -0.15) is 13.2 Å². The van der Waals surface area contributed by atoms with Crippen molar-refractivity contribution in [3.05, 3.63) is 101 Å². The number of hydrogen-bond donors (Lipinski definition) is 0. The molecule has 0 saturated carbocycles. The van der Waals surface area contributed by atoms with Gasteiger partial charge in [0.05, 0.1) is 33.4 Å². The molecule has 0 spiro atoms. The van der Waals surface area contributed by atoms with Gasteiger partial charge in [0.15, 0.2) is 0 Å². The highest BCUT2D eigenvalue weighted by molar-refractivity contribution is 7.98. The third-order valence-electron chi connectivity index (χ3n) is 5.12. The molecule has 0 bridgehead atoms. The molecule has 0 aliphatic heterocycles. The molecular formula is C24H15F3N4OS. The van der Waals surface area contributed by atoms with Crippen molar-refractivity contribution in [2.24, 2.45) is 0 Å². The second-order valence-corrected chi connectivity index (χ2v) is 8.18. The fraction of sp³-hybridized carbons (Fsp3) is 0.0833. The minimum atomic E-state index is -4.53. The Kier molecular flexibility index (Phi) is 5.33. The molecule has 5 rings (SSSR count). The van der Waals surface area contributed by atoms with Gasteiger partial charge >= 0.3 is 6.18 Å². The number of nitrogens with zero attached hydrogens (tertiary/aromatic N) is 4. The van der Waals surface area contributed by atoms with Crippen LogP contribution < -0.4 is 5.56 Å². The van der Waals surface area contributed by atoms with Crippen LogP contribution in [0.2, 0.25) is 0 Å². The molecule has 0 amide bonds. The first-order valence-corrected chi connectivity index (χ1v) is 10.9. The fourth-order valence-electron chi connectivity index (χ4n) is 3.59. The van der Waals surface area contributed by atoms with Gasteiger partial charge in [-0.05, 0) is 36.4 Å². The molecule has 0 fully saturated rings. The third-order valence-corrected chi connectivity index (χ3v) is 6.12. The maximum absolute atomic E-state index is 13.3. The van der Waals surface area contributed by atoms with Gasteiger partial charge < -0.3 is 0 Å². The number of para-hydroxylation sites is 2. The van der Waals surface area contributed by atoms with E-state index in [1.165, 1.54) is 34.8 Å². The Morgan fingerprint density at radius 3 is 2.36 bits per heavy atom. The predicted molar refractivity (Wildman–Crippen MR) is 121 cm³/mol. The lowest BCUT2D eigenvalue weighted by molar-refractivity contribution is -0.137. The van der Waals surface area contributed by atoms with Gasteiger partial charge in [0.25, 0.3) is 5.56 Å². The molecule has 0 aliphatic carbocycles. The molecule has 5 aromatic rings. The SMILES string of the molecule is O=c1c2ccccc2nc(CSc2ncnc3ccccc23)n1-c1cccc(C(F)(F)F)c1. The molecule has 5 nitrogen and oxygen atoms in total. The lowest BCUT2D eigenvalue weighted by Gasteiger charge is -2.15. The number of benzene rings is 3. The molecule has 0 unspecified atom stereocenters. The smallest absolute Gasteiger partial charge is 0.268 e. The minimum absolute atomic E-state index is 0.108. The van der Waals surface area contributed by atoms with Crippen LogP contribution in [0.15, 0.2) is 88.9 Å². The second kappa shape index (κ2) is 8.32. The third kappa shape index (κ3) is 4.07. The zero-order chi connectivity index (χ0) is 23.0. The second-order valence-electron chi connectivity index (χ2n) is 7.22. The Morgan fingerprint density at radius 1 is 0.848 bits per heavy atom. The van der Waals surface area contributed by atoms with E-state index in [-0.39, 0.29) is 11.4 Å². The molecule has 0 atom stereocenters. The summed E-state index contributed by atoms with van der Waals surface area (Å²) in [6.07, 6.45) is -3.07. The van der Waals surface area contributed by atoms with Crippen LogP contribution in [0.25, 0.3) is 27.5 Å². The fourth-order valence-corrected chi connectivity index (χ4v) is 4.50. The van der Waals surface area contributed by atoms with Crippen LogP contribution in [0, 0.1) is 0 Å². The standard InChI is InChI=1S/C24H15F3N4OS/c25-24(26,27)15-6-5-7-16(12-15)31-21(30-20-11-4-2-9-18(20)23(31)32)13-33-22-17-8-1-3-10-19(17)28-14-29-22/h1-12,14H,13H2.